The molecule has 0 bridgehead atoms. The summed E-state index contributed by atoms with van der Waals surface area (Å²) in [4.78, 5) is 24.6. The smallest absolute Gasteiger partial charge is 0.240 e. The maximum atomic E-state index is 12.5. The molecular formula is C22H20ClN3O2S. The molecule has 1 aliphatic rings. The molecule has 29 heavy (non-hydrogen) atoms. The maximum Gasteiger partial charge on any atom is 0.240 e. The van der Waals surface area contributed by atoms with E-state index in [1.807, 2.05) is 50.3 Å². The third-order valence-electron chi connectivity index (χ3n) is 4.23. The molecule has 2 aromatic rings. The van der Waals surface area contributed by atoms with Crippen molar-refractivity contribution in [1.82, 2.24) is 5.32 Å². The number of allylic oxidation sites excluding steroid dienone is 1. The van der Waals surface area contributed by atoms with Crippen LogP contribution >= 0.6 is 23.4 Å². The molecule has 1 N–H and O–H groups in total. The molecule has 1 saturated heterocycles. The fraction of sp³-hybridized carbons (Fsp3) is 0.182. The quantitative estimate of drug-likeness (QED) is 0.406. The SMILES string of the molecule is CC(=C/c1ccccc1)/C=N/N=C1\NC(=O)C(CC(=O)c2ccc(Cl)c(C)c2)S1. The Morgan fingerprint density at radius 3 is 2.72 bits per heavy atom. The summed E-state index contributed by atoms with van der Waals surface area (Å²) in [6.07, 6.45) is 3.70. The highest BCUT2D eigenvalue weighted by molar-refractivity contribution is 8.15. The van der Waals surface area contributed by atoms with Gasteiger partial charge in [-0.15, -0.1) is 5.10 Å². The summed E-state index contributed by atoms with van der Waals surface area (Å²) < 4.78 is 0. The number of thioether (sulfide) groups is 1. The summed E-state index contributed by atoms with van der Waals surface area (Å²) in [6, 6.07) is 15.0. The summed E-state index contributed by atoms with van der Waals surface area (Å²) in [7, 11) is 0. The first kappa shape index (κ1) is 21.0. The highest BCUT2D eigenvalue weighted by atomic mass is 35.5. The molecule has 7 heteroatoms. The first-order valence-corrected chi connectivity index (χ1v) is 10.3. The number of rotatable bonds is 6. The van der Waals surface area contributed by atoms with Crippen molar-refractivity contribution < 1.29 is 9.59 Å². The zero-order valence-electron chi connectivity index (χ0n) is 16.1. The molecule has 0 spiro atoms. The van der Waals surface area contributed by atoms with E-state index in [4.69, 9.17) is 11.6 Å². The monoisotopic (exact) mass is 425 g/mol. The summed E-state index contributed by atoms with van der Waals surface area (Å²) >= 11 is 7.22. The minimum Gasteiger partial charge on any atom is -0.303 e. The van der Waals surface area contributed by atoms with E-state index >= 15 is 0 Å². The third kappa shape index (κ3) is 5.89. The number of hydrogen-bond acceptors (Lipinski definition) is 5. The van der Waals surface area contributed by atoms with E-state index in [9.17, 15) is 9.59 Å². The number of hydrogen-bond donors (Lipinski definition) is 1. The van der Waals surface area contributed by atoms with Crippen molar-refractivity contribution in [2.24, 2.45) is 10.2 Å². The van der Waals surface area contributed by atoms with E-state index in [0.717, 1.165) is 16.7 Å². The lowest BCUT2D eigenvalue weighted by Crippen LogP contribution is -2.26. The molecule has 148 valence electrons. The fourth-order valence-corrected chi connectivity index (χ4v) is 3.75. The van der Waals surface area contributed by atoms with E-state index < -0.39 is 5.25 Å². The number of ketones is 1. The Morgan fingerprint density at radius 1 is 1.24 bits per heavy atom. The van der Waals surface area contributed by atoms with Gasteiger partial charge < -0.3 is 5.32 Å². The van der Waals surface area contributed by atoms with Gasteiger partial charge in [-0.25, -0.2) is 0 Å². The molecule has 3 rings (SSSR count). The zero-order valence-corrected chi connectivity index (χ0v) is 17.6. The van der Waals surface area contributed by atoms with Crippen molar-refractivity contribution in [2.45, 2.75) is 25.5 Å². The van der Waals surface area contributed by atoms with Gasteiger partial charge in [0.05, 0.1) is 11.5 Å². The van der Waals surface area contributed by atoms with Crippen LogP contribution < -0.4 is 5.32 Å². The summed E-state index contributed by atoms with van der Waals surface area (Å²) in [6.45, 7) is 3.76. The van der Waals surface area contributed by atoms with Crippen LogP contribution in [-0.4, -0.2) is 28.3 Å². The molecular weight excluding hydrogens is 406 g/mol. The van der Waals surface area contributed by atoms with Gasteiger partial charge in [0, 0.05) is 17.0 Å². The number of benzene rings is 2. The Kier molecular flexibility index (Phi) is 7.01. The van der Waals surface area contributed by atoms with Gasteiger partial charge in [0.2, 0.25) is 5.91 Å². The molecule has 0 radical (unpaired) electrons. The predicted octanol–water partition coefficient (Wildman–Crippen LogP) is 4.90. The summed E-state index contributed by atoms with van der Waals surface area (Å²) in [5.74, 6) is -0.344. The van der Waals surface area contributed by atoms with Crippen molar-refractivity contribution in [3.63, 3.8) is 0 Å². The molecule has 1 amide bonds. The minimum absolute atomic E-state index is 0.0905. The van der Waals surface area contributed by atoms with Crippen LogP contribution in [-0.2, 0) is 4.79 Å². The van der Waals surface area contributed by atoms with Gasteiger partial charge >= 0.3 is 0 Å². The van der Waals surface area contributed by atoms with Gasteiger partial charge in [0.15, 0.2) is 11.0 Å². The number of Topliss-reactive ketones (excluding diaryl/α,β-unsaturated/α-hetero) is 1. The largest absolute Gasteiger partial charge is 0.303 e. The molecule has 1 atom stereocenters. The van der Waals surface area contributed by atoms with E-state index in [-0.39, 0.29) is 18.1 Å². The minimum atomic E-state index is -0.520. The van der Waals surface area contributed by atoms with Gasteiger partial charge in [-0.05, 0) is 48.7 Å². The van der Waals surface area contributed by atoms with Gasteiger partial charge in [0.1, 0.15) is 0 Å². The number of carbonyl (C=O) groups excluding carboxylic acids is 2. The van der Waals surface area contributed by atoms with Gasteiger partial charge in [-0.3, -0.25) is 9.59 Å². The molecule has 1 unspecified atom stereocenters. The highest BCUT2D eigenvalue weighted by Crippen LogP contribution is 2.25. The van der Waals surface area contributed by atoms with Crippen LogP contribution in [0.5, 0.6) is 0 Å². The molecule has 0 aromatic heterocycles. The second kappa shape index (κ2) is 9.67. The number of carbonyl (C=O) groups is 2. The van der Waals surface area contributed by atoms with E-state index in [1.165, 1.54) is 11.8 Å². The van der Waals surface area contributed by atoms with Crippen molar-refractivity contribution in [3.8, 4) is 0 Å². The molecule has 1 heterocycles. The fourth-order valence-electron chi connectivity index (χ4n) is 2.71. The average molecular weight is 426 g/mol. The first-order valence-electron chi connectivity index (χ1n) is 9.03. The van der Waals surface area contributed by atoms with Crippen molar-refractivity contribution in [1.29, 1.82) is 0 Å². The van der Waals surface area contributed by atoms with Gasteiger partial charge in [-0.1, -0.05) is 59.8 Å². The Labute approximate surface area is 179 Å². The molecule has 0 saturated carbocycles. The first-order chi connectivity index (χ1) is 13.9. The van der Waals surface area contributed by atoms with Crippen LogP contribution in [0.25, 0.3) is 6.08 Å². The highest BCUT2D eigenvalue weighted by Gasteiger charge is 2.32. The van der Waals surface area contributed by atoms with Crippen LogP contribution in [0.4, 0.5) is 0 Å². The van der Waals surface area contributed by atoms with Crippen molar-refractivity contribution in [2.75, 3.05) is 0 Å². The predicted molar refractivity (Wildman–Crippen MR) is 121 cm³/mol. The van der Waals surface area contributed by atoms with Crippen LogP contribution in [0.3, 0.4) is 0 Å². The standard InChI is InChI=1S/C22H20ClN3O2S/c1-14(10-16-6-4-3-5-7-16)13-24-26-22-25-21(28)20(29-22)12-19(27)17-8-9-18(23)15(2)11-17/h3-11,13,20H,12H2,1-2H3,(H,25,26,28)/b14-10-,24-13+. The van der Waals surface area contributed by atoms with Crippen LogP contribution in [0.15, 0.2) is 64.3 Å². The summed E-state index contributed by atoms with van der Waals surface area (Å²) in [5, 5.41) is 11.2. The number of nitrogens with zero attached hydrogens (tertiary/aromatic N) is 2. The number of aryl methyl sites for hydroxylation is 1. The second-order valence-electron chi connectivity index (χ2n) is 6.64. The van der Waals surface area contributed by atoms with E-state index in [2.05, 4.69) is 15.5 Å². The van der Waals surface area contributed by atoms with Crippen molar-refractivity contribution in [3.05, 3.63) is 75.8 Å². The lowest BCUT2D eigenvalue weighted by molar-refractivity contribution is -0.118. The Bertz CT molecular complexity index is 1020. The normalized spacial score (nSPS) is 18.4. The molecule has 2 aromatic carbocycles. The lowest BCUT2D eigenvalue weighted by Gasteiger charge is -2.06. The Balaban J connectivity index is 1.60. The van der Waals surface area contributed by atoms with Gasteiger partial charge in [0.25, 0.3) is 0 Å². The molecule has 1 fully saturated rings. The van der Waals surface area contributed by atoms with Crippen LogP contribution in [0.2, 0.25) is 5.02 Å². The molecule has 5 nitrogen and oxygen atoms in total. The Hall–Kier alpha value is -2.70. The summed E-state index contributed by atoms with van der Waals surface area (Å²) in [5.41, 5.74) is 3.38. The molecule has 1 aliphatic heterocycles. The number of nitrogens with one attached hydrogen (secondary N) is 1. The average Bonchev–Trinajstić information content (AvgIpc) is 3.04. The maximum absolute atomic E-state index is 12.5. The second-order valence-corrected chi connectivity index (χ2v) is 8.23. The zero-order chi connectivity index (χ0) is 20.8. The Morgan fingerprint density at radius 2 is 2.00 bits per heavy atom. The molecule has 0 aliphatic carbocycles. The van der Waals surface area contributed by atoms with Crippen LogP contribution in [0, 0.1) is 6.92 Å². The number of amidine groups is 1. The number of amides is 1. The van der Waals surface area contributed by atoms with Gasteiger partial charge in [-0.2, -0.15) is 5.10 Å². The van der Waals surface area contributed by atoms with E-state index in [0.29, 0.717) is 15.8 Å². The number of halogens is 1. The van der Waals surface area contributed by atoms with E-state index in [1.54, 1.807) is 24.4 Å². The topological polar surface area (TPSA) is 70.9 Å². The third-order valence-corrected chi connectivity index (χ3v) is 5.73. The lowest BCUT2D eigenvalue weighted by atomic mass is 10.0. The van der Waals surface area contributed by atoms with Crippen LogP contribution in [0.1, 0.15) is 34.8 Å². The van der Waals surface area contributed by atoms with Crippen molar-refractivity contribution >= 4 is 52.5 Å².